The van der Waals surface area contributed by atoms with Crippen molar-refractivity contribution in [3.63, 3.8) is 0 Å². The molecule has 0 saturated carbocycles. The van der Waals surface area contributed by atoms with Crippen LogP contribution in [0.3, 0.4) is 0 Å². The molecule has 22 heavy (non-hydrogen) atoms. The largest absolute Gasteiger partial charge is 0.322 e. The summed E-state index contributed by atoms with van der Waals surface area (Å²) in [6.45, 7) is 3.74. The van der Waals surface area contributed by atoms with E-state index in [1.807, 2.05) is 37.3 Å². The lowest BCUT2D eigenvalue weighted by atomic mass is 10.1. The van der Waals surface area contributed by atoms with Gasteiger partial charge in [-0.25, -0.2) is 4.39 Å². The molecule has 0 unspecified atom stereocenters. The van der Waals surface area contributed by atoms with Gasteiger partial charge in [0.05, 0.1) is 11.7 Å². The highest BCUT2D eigenvalue weighted by Gasteiger charge is 2.17. The van der Waals surface area contributed by atoms with E-state index in [4.69, 9.17) is 0 Å². The van der Waals surface area contributed by atoms with Crippen molar-refractivity contribution in [3.05, 3.63) is 64.4 Å². The van der Waals surface area contributed by atoms with E-state index in [9.17, 15) is 9.18 Å². The Balaban J connectivity index is 1.97. The zero-order chi connectivity index (χ0) is 16.1. The van der Waals surface area contributed by atoms with Crippen LogP contribution in [0.2, 0.25) is 0 Å². The number of carbonyl (C=O) groups excluding carboxylic acids is 1. The van der Waals surface area contributed by atoms with Crippen LogP contribution in [0.15, 0.2) is 53.0 Å². The molecule has 116 valence electrons. The first-order chi connectivity index (χ1) is 10.5. The number of carbonyl (C=O) groups is 1. The van der Waals surface area contributed by atoms with E-state index in [0.717, 1.165) is 5.56 Å². The van der Waals surface area contributed by atoms with E-state index in [2.05, 4.69) is 26.6 Å². The Morgan fingerprint density at radius 2 is 1.82 bits per heavy atom. The molecule has 0 aliphatic heterocycles. The molecule has 0 aliphatic rings. The molecule has 3 nitrogen and oxygen atoms in total. The summed E-state index contributed by atoms with van der Waals surface area (Å²) in [6.07, 6.45) is 0. The molecule has 0 aliphatic carbocycles. The van der Waals surface area contributed by atoms with Crippen LogP contribution in [-0.4, -0.2) is 11.9 Å². The summed E-state index contributed by atoms with van der Waals surface area (Å²) >= 11 is 3.18. The standard InChI is InChI=1S/C17H18BrFN2O/c1-11(13-6-4-3-5-7-13)20-12(2)17(22)21-16-9-8-14(18)10-15(16)19/h3-12,20H,1-2H3,(H,21,22)/t11-,12+/m0/s1. The number of amides is 1. The number of hydrogen-bond acceptors (Lipinski definition) is 2. The van der Waals surface area contributed by atoms with Gasteiger partial charge in [0.1, 0.15) is 5.82 Å². The monoisotopic (exact) mass is 364 g/mol. The summed E-state index contributed by atoms with van der Waals surface area (Å²) < 4.78 is 14.4. The molecule has 0 bridgehead atoms. The van der Waals surface area contributed by atoms with Gasteiger partial charge in [0.25, 0.3) is 0 Å². The minimum atomic E-state index is -0.467. The molecule has 5 heteroatoms. The number of halogens is 2. The van der Waals surface area contributed by atoms with Crippen molar-refractivity contribution in [2.24, 2.45) is 0 Å². The number of nitrogens with one attached hydrogen (secondary N) is 2. The van der Waals surface area contributed by atoms with Crippen LogP contribution in [0.4, 0.5) is 10.1 Å². The third-order valence-corrected chi connectivity index (χ3v) is 3.88. The van der Waals surface area contributed by atoms with Crippen molar-refractivity contribution in [1.82, 2.24) is 5.32 Å². The normalized spacial score (nSPS) is 13.5. The SMILES string of the molecule is C[C@H](N[C@H](C)C(=O)Nc1ccc(Br)cc1F)c1ccccc1. The molecule has 2 atom stereocenters. The Morgan fingerprint density at radius 3 is 2.45 bits per heavy atom. The number of benzene rings is 2. The molecule has 0 radical (unpaired) electrons. The van der Waals surface area contributed by atoms with Crippen LogP contribution in [0.5, 0.6) is 0 Å². The molecule has 0 aromatic heterocycles. The topological polar surface area (TPSA) is 41.1 Å². The van der Waals surface area contributed by atoms with E-state index >= 15 is 0 Å². The Bertz CT molecular complexity index is 648. The fourth-order valence-electron chi connectivity index (χ4n) is 2.12. The Labute approximate surface area is 138 Å². The van der Waals surface area contributed by atoms with Gasteiger partial charge < -0.3 is 5.32 Å². The minimum absolute atomic E-state index is 0.0247. The quantitative estimate of drug-likeness (QED) is 0.831. The molecule has 2 aromatic carbocycles. The average molecular weight is 365 g/mol. The molecule has 0 heterocycles. The fourth-order valence-corrected chi connectivity index (χ4v) is 2.45. The Kier molecular flexibility index (Phi) is 5.69. The summed E-state index contributed by atoms with van der Waals surface area (Å²) in [5.41, 5.74) is 1.27. The summed E-state index contributed by atoms with van der Waals surface area (Å²) in [7, 11) is 0. The zero-order valence-electron chi connectivity index (χ0n) is 12.4. The maximum absolute atomic E-state index is 13.7. The highest BCUT2D eigenvalue weighted by atomic mass is 79.9. The van der Waals surface area contributed by atoms with Gasteiger partial charge in [0.15, 0.2) is 0 Å². The molecule has 0 fully saturated rings. The predicted molar refractivity (Wildman–Crippen MR) is 90.2 cm³/mol. The van der Waals surface area contributed by atoms with Crippen molar-refractivity contribution < 1.29 is 9.18 Å². The van der Waals surface area contributed by atoms with Crippen LogP contribution in [0.25, 0.3) is 0 Å². The second-order valence-corrected chi connectivity index (χ2v) is 6.05. The van der Waals surface area contributed by atoms with E-state index in [0.29, 0.717) is 4.47 Å². The van der Waals surface area contributed by atoms with Crippen molar-refractivity contribution in [1.29, 1.82) is 0 Å². The van der Waals surface area contributed by atoms with Crippen molar-refractivity contribution in [2.75, 3.05) is 5.32 Å². The Hall–Kier alpha value is -1.72. The van der Waals surface area contributed by atoms with Crippen LogP contribution in [0.1, 0.15) is 25.5 Å². The third kappa shape index (κ3) is 4.39. The zero-order valence-corrected chi connectivity index (χ0v) is 14.0. The van der Waals surface area contributed by atoms with Gasteiger partial charge in [0.2, 0.25) is 5.91 Å². The highest BCUT2D eigenvalue weighted by molar-refractivity contribution is 9.10. The van der Waals surface area contributed by atoms with Crippen molar-refractivity contribution in [3.8, 4) is 0 Å². The predicted octanol–water partition coefficient (Wildman–Crippen LogP) is 4.27. The molecule has 2 rings (SSSR count). The molecule has 1 amide bonds. The lowest BCUT2D eigenvalue weighted by Gasteiger charge is -2.20. The minimum Gasteiger partial charge on any atom is -0.322 e. The van der Waals surface area contributed by atoms with Crippen LogP contribution in [-0.2, 0) is 4.79 Å². The Morgan fingerprint density at radius 1 is 1.14 bits per heavy atom. The van der Waals surface area contributed by atoms with E-state index in [1.165, 1.54) is 12.1 Å². The van der Waals surface area contributed by atoms with E-state index < -0.39 is 11.9 Å². The first kappa shape index (κ1) is 16.6. The van der Waals surface area contributed by atoms with Gasteiger partial charge in [-0.2, -0.15) is 0 Å². The van der Waals surface area contributed by atoms with Gasteiger partial charge in [-0.05, 0) is 37.6 Å². The number of hydrogen-bond donors (Lipinski definition) is 2. The molecule has 2 aromatic rings. The highest BCUT2D eigenvalue weighted by Crippen LogP contribution is 2.19. The van der Waals surface area contributed by atoms with E-state index in [1.54, 1.807) is 13.0 Å². The first-order valence-electron chi connectivity index (χ1n) is 7.04. The average Bonchev–Trinajstić information content (AvgIpc) is 2.50. The molecule has 2 N–H and O–H groups in total. The summed E-state index contributed by atoms with van der Waals surface area (Å²) in [6, 6.07) is 14.0. The van der Waals surface area contributed by atoms with Crippen LogP contribution in [0, 0.1) is 5.82 Å². The molecule has 0 saturated heterocycles. The van der Waals surface area contributed by atoms with Crippen molar-refractivity contribution >= 4 is 27.5 Å². The van der Waals surface area contributed by atoms with Gasteiger partial charge in [0, 0.05) is 10.5 Å². The summed E-state index contributed by atoms with van der Waals surface area (Å²) in [5, 5.41) is 5.80. The van der Waals surface area contributed by atoms with Gasteiger partial charge in [-0.3, -0.25) is 10.1 Å². The van der Waals surface area contributed by atoms with E-state index in [-0.39, 0.29) is 17.6 Å². The third-order valence-electron chi connectivity index (χ3n) is 3.38. The lowest BCUT2D eigenvalue weighted by molar-refractivity contribution is -0.118. The maximum atomic E-state index is 13.7. The second kappa shape index (κ2) is 7.51. The maximum Gasteiger partial charge on any atom is 0.241 e. The number of rotatable bonds is 5. The van der Waals surface area contributed by atoms with Crippen LogP contribution < -0.4 is 10.6 Å². The molecule has 0 spiro atoms. The summed E-state index contributed by atoms with van der Waals surface area (Å²) in [4.78, 5) is 12.2. The van der Waals surface area contributed by atoms with Crippen molar-refractivity contribution in [2.45, 2.75) is 25.9 Å². The summed E-state index contributed by atoms with van der Waals surface area (Å²) in [5.74, 6) is -0.741. The van der Waals surface area contributed by atoms with Gasteiger partial charge in [-0.15, -0.1) is 0 Å². The van der Waals surface area contributed by atoms with Gasteiger partial charge in [-0.1, -0.05) is 46.3 Å². The molecular formula is C17H18BrFN2O. The fraction of sp³-hybridized carbons (Fsp3) is 0.235. The van der Waals surface area contributed by atoms with Crippen LogP contribution >= 0.6 is 15.9 Å². The number of anilines is 1. The molecular weight excluding hydrogens is 347 g/mol. The second-order valence-electron chi connectivity index (χ2n) is 5.13. The smallest absolute Gasteiger partial charge is 0.241 e. The lowest BCUT2D eigenvalue weighted by Crippen LogP contribution is -2.39. The first-order valence-corrected chi connectivity index (χ1v) is 7.83. The van der Waals surface area contributed by atoms with Gasteiger partial charge >= 0.3 is 0 Å².